The third-order valence-electron chi connectivity index (χ3n) is 4.16. The van der Waals surface area contributed by atoms with Crippen LogP contribution in [0.25, 0.3) is 16.2 Å². The molecule has 3 aromatic heterocycles. The number of anilines is 1. The summed E-state index contributed by atoms with van der Waals surface area (Å²) in [5, 5.41) is 9.52. The van der Waals surface area contributed by atoms with Crippen LogP contribution in [0, 0.1) is 0 Å². The van der Waals surface area contributed by atoms with E-state index in [0.29, 0.717) is 5.69 Å². The number of rotatable bonds is 7. The number of fused-ring (bicyclic) bond motifs is 1. The highest BCUT2D eigenvalue weighted by Crippen LogP contribution is 2.23. The molecule has 3 heterocycles. The molecular weight excluding hydrogens is 406 g/mol. The van der Waals surface area contributed by atoms with Crippen LogP contribution in [0.15, 0.2) is 64.9 Å². The molecule has 0 spiro atoms. The largest absolute Gasteiger partial charge is 0.459 e. The molecule has 0 saturated carbocycles. The molecule has 0 bridgehead atoms. The molecule has 0 radical (unpaired) electrons. The first-order valence-corrected chi connectivity index (χ1v) is 9.87. The lowest BCUT2D eigenvalue weighted by molar-refractivity contribution is -0.123. The number of carbonyl (C=O) groups excluding carboxylic acids is 3. The van der Waals surface area contributed by atoms with Gasteiger partial charge in [-0.3, -0.25) is 18.8 Å². The highest BCUT2D eigenvalue weighted by molar-refractivity contribution is 7.15. The minimum Gasteiger partial charge on any atom is -0.459 e. The van der Waals surface area contributed by atoms with Crippen molar-refractivity contribution in [3.8, 4) is 11.3 Å². The molecule has 10 heteroatoms. The summed E-state index contributed by atoms with van der Waals surface area (Å²) in [7, 11) is 0. The fourth-order valence-electron chi connectivity index (χ4n) is 2.69. The number of benzene rings is 1. The van der Waals surface area contributed by atoms with Gasteiger partial charge in [-0.1, -0.05) is 12.1 Å². The summed E-state index contributed by atoms with van der Waals surface area (Å²) in [4.78, 5) is 41.0. The Morgan fingerprint density at radius 2 is 1.83 bits per heavy atom. The van der Waals surface area contributed by atoms with Crippen molar-refractivity contribution in [1.29, 1.82) is 0 Å². The van der Waals surface area contributed by atoms with Crippen molar-refractivity contribution in [1.82, 2.24) is 20.0 Å². The molecule has 0 aliphatic carbocycles. The van der Waals surface area contributed by atoms with Gasteiger partial charge in [-0.25, -0.2) is 4.98 Å². The maximum atomic E-state index is 12.0. The third kappa shape index (κ3) is 4.55. The summed E-state index contributed by atoms with van der Waals surface area (Å²) < 4.78 is 6.88. The monoisotopic (exact) mass is 423 g/mol. The average molecular weight is 423 g/mol. The van der Waals surface area contributed by atoms with Crippen LogP contribution >= 0.6 is 11.3 Å². The van der Waals surface area contributed by atoms with E-state index in [1.165, 1.54) is 12.3 Å². The molecule has 0 aliphatic rings. The number of imidazole rings is 1. The van der Waals surface area contributed by atoms with Crippen LogP contribution < -0.4 is 16.0 Å². The number of hydrogen-bond donors (Lipinski definition) is 3. The molecule has 0 atom stereocenters. The second kappa shape index (κ2) is 8.62. The number of carbonyl (C=O) groups is 3. The normalized spacial score (nSPS) is 10.7. The van der Waals surface area contributed by atoms with Gasteiger partial charge in [-0.05, 0) is 24.3 Å². The van der Waals surface area contributed by atoms with Crippen LogP contribution in [0.5, 0.6) is 0 Å². The number of amides is 3. The zero-order valence-corrected chi connectivity index (χ0v) is 16.4. The van der Waals surface area contributed by atoms with Gasteiger partial charge < -0.3 is 20.4 Å². The van der Waals surface area contributed by atoms with Gasteiger partial charge >= 0.3 is 0 Å². The van der Waals surface area contributed by atoms with Crippen LogP contribution in [0.3, 0.4) is 0 Å². The standard InChI is InChI=1S/C20H17N5O4S/c26-17(10-22-19(28)16-2-1-8-29-16)21-11-18(27)23-14-5-3-13(4-6-14)15-12-25-7-9-30-20(25)24-15/h1-9,12H,10-11H2,(H,21,26)(H,22,28)(H,23,27). The summed E-state index contributed by atoms with van der Waals surface area (Å²) in [6, 6.07) is 10.3. The number of nitrogens with one attached hydrogen (secondary N) is 3. The Kier molecular flexibility index (Phi) is 5.57. The fraction of sp³-hybridized carbons (Fsp3) is 0.100. The van der Waals surface area contributed by atoms with Crippen LogP contribution in [-0.4, -0.2) is 40.2 Å². The van der Waals surface area contributed by atoms with Crippen LogP contribution in [-0.2, 0) is 9.59 Å². The van der Waals surface area contributed by atoms with Gasteiger partial charge in [-0.2, -0.15) is 0 Å². The fourth-order valence-corrected chi connectivity index (χ4v) is 3.39. The van der Waals surface area contributed by atoms with E-state index in [9.17, 15) is 14.4 Å². The van der Waals surface area contributed by atoms with E-state index in [1.807, 2.05) is 34.3 Å². The first-order valence-electron chi connectivity index (χ1n) is 8.99. The summed E-state index contributed by atoms with van der Waals surface area (Å²) in [5.74, 6) is -1.26. The molecule has 30 heavy (non-hydrogen) atoms. The Morgan fingerprint density at radius 1 is 1.03 bits per heavy atom. The van der Waals surface area contributed by atoms with Crippen molar-refractivity contribution < 1.29 is 18.8 Å². The average Bonchev–Trinajstić information content (AvgIpc) is 3.48. The van der Waals surface area contributed by atoms with Gasteiger partial charge in [0.05, 0.1) is 25.0 Å². The number of hydrogen-bond acceptors (Lipinski definition) is 6. The van der Waals surface area contributed by atoms with E-state index in [4.69, 9.17) is 4.42 Å². The molecule has 0 saturated heterocycles. The van der Waals surface area contributed by atoms with Crippen molar-refractivity contribution in [3.63, 3.8) is 0 Å². The van der Waals surface area contributed by atoms with Gasteiger partial charge in [0, 0.05) is 29.0 Å². The maximum absolute atomic E-state index is 12.0. The summed E-state index contributed by atoms with van der Waals surface area (Å²) >= 11 is 1.56. The van der Waals surface area contributed by atoms with Crippen LogP contribution in [0.4, 0.5) is 5.69 Å². The lowest BCUT2D eigenvalue weighted by Gasteiger charge is -2.08. The Morgan fingerprint density at radius 3 is 2.57 bits per heavy atom. The summed E-state index contributed by atoms with van der Waals surface area (Å²) in [6.45, 7) is -0.474. The summed E-state index contributed by atoms with van der Waals surface area (Å²) in [6.07, 6.45) is 5.26. The molecule has 3 amide bonds. The number of thiazole rings is 1. The molecule has 4 rings (SSSR count). The predicted octanol–water partition coefficient (Wildman–Crippen LogP) is 2.14. The molecule has 152 valence electrons. The molecule has 9 nitrogen and oxygen atoms in total. The van der Waals surface area contributed by atoms with Gasteiger partial charge in [0.15, 0.2) is 10.7 Å². The third-order valence-corrected chi connectivity index (χ3v) is 4.93. The van der Waals surface area contributed by atoms with E-state index < -0.39 is 11.8 Å². The quantitative estimate of drug-likeness (QED) is 0.421. The van der Waals surface area contributed by atoms with E-state index in [-0.39, 0.29) is 24.8 Å². The van der Waals surface area contributed by atoms with Crippen molar-refractivity contribution in [2.45, 2.75) is 0 Å². The van der Waals surface area contributed by atoms with Crippen molar-refractivity contribution in [3.05, 3.63) is 66.2 Å². The Bertz CT molecular complexity index is 1150. The molecular formula is C20H17N5O4S. The van der Waals surface area contributed by atoms with E-state index in [2.05, 4.69) is 20.9 Å². The van der Waals surface area contributed by atoms with E-state index in [0.717, 1.165) is 16.2 Å². The van der Waals surface area contributed by atoms with Crippen molar-refractivity contribution >= 4 is 39.7 Å². The minimum absolute atomic E-state index is 0.111. The maximum Gasteiger partial charge on any atom is 0.287 e. The van der Waals surface area contributed by atoms with Gasteiger partial charge in [-0.15, -0.1) is 11.3 Å². The highest BCUT2D eigenvalue weighted by atomic mass is 32.1. The van der Waals surface area contributed by atoms with E-state index in [1.54, 1.807) is 29.5 Å². The topological polar surface area (TPSA) is 118 Å². The Balaban J connectivity index is 1.23. The predicted molar refractivity (Wildman–Crippen MR) is 111 cm³/mol. The van der Waals surface area contributed by atoms with Gasteiger partial charge in [0.25, 0.3) is 5.91 Å². The van der Waals surface area contributed by atoms with Crippen molar-refractivity contribution in [2.24, 2.45) is 0 Å². The van der Waals surface area contributed by atoms with Crippen LogP contribution in [0.2, 0.25) is 0 Å². The second-order valence-corrected chi connectivity index (χ2v) is 7.15. The lowest BCUT2D eigenvalue weighted by atomic mass is 10.1. The Hall–Kier alpha value is -3.92. The molecule has 0 unspecified atom stereocenters. The molecule has 0 fully saturated rings. The second-order valence-electron chi connectivity index (χ2n) is 6.28. The van der Waals surface area contributed by atoms with Crippen LogP contribution in [0.1, 0.15) is 10.6 Å². The molecule has 4 aromatic rings. The first-order chi connectivity index (χ1) is 14.6. The SMILES string of the molecule is O=C(CNC(=O)c1ccco1)NCC(=O)Nc1ccc(-c2cn3ccsc3n2)cc1. The van der Waals surface area contributed by atoms with Crippen molar-refractivity contribution in [2.75, 3.05) is 18.4 Å². The minimum atomic E-state index is -0.503. The number of aromatic nitrogens is 2. The summed E-state index contributed by atoms with van der Waals surface area (Å²) in [5.41, 5.74) is 2.39. The molecule has 1 aromatic carbocycles. The number of furan rings is 1. The highest BCUT2D eigenvalue weighted by Gasteiger charge is 2.11. The first kappa shape index (κ1) is 19.4. The van der Waals surface area contributed by atoms with E-state index >= 15 is 0 Å². The van der Waals surface area contributed by atoms with Gasteiger partial charge in [0.2, 0.25) is 11.8 Å². The molecule has 3 N–H and O–H groups in total. The lowest BCUT2D eigenvalue weighted by Crippen LogP contribution is -2.40. The zero-order chi connectivity index (χ0) is 20.9. The Labute approximate surface area is 174 Å². The smallest absolute Gasteiger partial charge is 0.287 e. The molecule has 0 aliphatic heterocycles. The zero-order valence-electron chi connectivity index (χ0n) is 15.6. The number of nitrogens with zero attached hydrogens (tertiary/aromatic N) is 2. The van der Waals surface area contributed by atoms with Gasteiger partial charge in [0.1, 0.15) is 0 Å².